The van der Waals surface area contributed by atoms with E-state index in [2.05, 4.69) is 10.3 Å². The molecule has 1 saturated carbocycles. The van der Waals surface area contributed by atoms with Gasteiger partial charge in [-0.2, -0.15) is 0 Å². The van der Waals surface area contributed by atoms with E-state index in [9.17, 15) is 8.42 Å². The second-order valence-corrected chi connectivity index (χ2v) is 8.65. The van der Waals surface area contributed by atoms with Gasteiger partial charge in [0, 0.05) is 18.1 Å². The predicted octanol–water partition coefficient (Wildman–Crippen LogP) is 2.06. The molecule has 1 aromatic carbocycles. The Balaban J connectivity index is 1.54. The van der Waals surface area contributed by atoms with Crippen LogP contribution in [0.3, 0.4) is 0 Å². The number of hydrogen-bond donors (Lipinski definition) is 1. The largest absolute Gasteiger partial charge is 0.361 e. The van der Waals surface area contributed by atoms with E-state index in [-0.39, 0.29) is 0 Å². The number of aliphatic imine (C=N–C) groups is 1. The lowest BCUT2D eigenvalue weighted by atomic mass is 10.2. The second-order valence-electron chi connectivity index (χ2n) is 5.41. The molecule has 0 spiro atoms. The van der Waals surface area contributed by atoms with Crippen molar-refractivity contribution in [3.05, 3.63) is 29.8 Å². The maximum absolute atomic E-state index is 11.4. The Labute approximate surface area is 124 Å². The van der Waals surface area contributed by atoms with Crippen LogP contribution in [0.2, 0.25) is 0 Å². The maximum Gasteiger partial charge on any atom is 0.175 e. The summed E-state index contributed by atoms with van der Waals surface area (Å²) >= 11 is 1.85. The van der Waals surface area contributed by atoms with Crippen molar-refractivity contribution in [3.63, 3.8) is 0 Å². The lowest BCUT2D eigenvalue weighted by Crippen LogP contribution is -2.19. The van der Waals surface area contributed by atoms with E-state index in [1.807, 2.05) is 23.9 Å². The summed E-state index contributed by atoms with van der Waals surface area (Å²) in [6.07, 6.45) is 3.93. The number of nitrogens with one attached hydrogen (secondary N) is 1. The number of rotatable bonds is 4. The van der Waals surface area contributed by atoms with Gasteiger partial charge in [0.1, 0.15) is 0 Å². The molecule has 1 aliphatic carbocycles. The van der Waals surface area contributed by atoms with Crippen LogP contribution in [0.25, 0.3) is 0 Å². The molecular formula is C14H18N2O2S2. The number of hydrogen-bond acceptors (Lipinski definition) is 5. The Morgan fingerprint density at radius 3 is 2.60 bits per heavy atom. The highest BCUT2D eigenvalue weighted by atomic mass is 32.2. The molecule has 2 aliphatic rings. The van der Waals surface area contributed by atoms with E-state index < -0.39 is 9.84 Å². The number of thioether (sulfide) groups is 1. The number of nitrogens with zero attached hydrogens (tertiary/aromatic N) is 1. The van der Waals surface area contributed by atoms with Gasteiger partial charge < -0.3 is 5.32 Å². The molecule has 6 heteroatoms. The van der Waals surface area contributed by atoms with Gasteiger partial charge in [-0.25, -0.2) is 8.42 Å². The molecule has 0 saturated heterocycles. The smallest absolute Gasteiger partial charge is 0.175 e. The fourth-order valence-electron chi connectivity index (χ4n) is 2.23. The Hall–Kier alpha value is -1.01. The third kappa shape index (κ3) is 3.35. The average molecular weight is 310 g/mol. The zero-order valence-electron chi connectivity index (χ0n) is 11.4. The third-order valence-electron chi connectivity index (χ3n) is 3.62. The Kier molecular flexibility index (Phi) is 3.77. The van der Waals surface area contributed by atoms with Crippen molar-refractivity contribution in [2.24, 2.45) is 10.9 Å². The van der Waals surface area contributed by atoms with Crippen molar-refractivity contribution in [2.45, 2.75) is 29.5 Å². The minimum Gasteiger partial charge on any atom is -0.361 e. The van der Waals surface area contributed by atoms with E-state index >= 15 is 0 Å². The number of benzene rings is 1. The van der Waals surface area contributed by atoms with E-state index in [4.69, 9.17) is 0 Å². The van der Waals surface area contributed by atoms with Crippen molar-refractivity contribution in [1.29, 1.82) is 0 Å². The number of sulfone groups is 1. The lowest BCUT2D eigenvalue weighted by molar-refractivity contribution is 0.602. The molecule has 20 heavy (non-hydrogen) atoms. The van der Waals surface area contributed by atoms with Gasteiger partial charge in [0.2, 0.25) is 0 Å². The highest BCUT2D eigenvalue weighted by Gasteiger charge is 2.35. The second kappa shape index (κ2) is 5.41. The molecule has 4 nitrogen and oxygen atoms in total. The van der Waals surface area contributed by atoms with Crippen LogP contribution in [0.1, 0.15) is 18.4 Å². The Morgan fingerprint density at radius 2 is 2.00 bits per heavy atom. The quantitative estimate of drug-likeness (QED) is 0.925. The molecule has 108 valence electrons. The molecule has 1 heterocycles. The SMILES string of the molecule is CS(=O)(=O)c1ccc(CNC2=NCC(C3CC3)S2)cc1. The van der Waals surface area contributed by atoms with E-state index in [0.29, 0.717) is 16.7 Å². The maximum atomic E-state index is 11.4. The molecule has 1 fully saturated rings. The summed E-state index contributed by atoms with van der Waals surface area (Å²) in [6.45, 7) is 1.62. The number of amidine groups is 1. The molecule has 0 amide bonds. The molecule has 1 aromatic rings. The molecule has 3 rings (SSSR count). The van der Waals surface area contributed by atoms with Crippen LogP contribution >= 0.6 is 11.8 Å². The van der Waals surface area contributed by atoms with Crippen molar-refractivity contribution in [3.8, 4) is 0 Å². The van der Waals surface area contributed by atoms with Crippen molar-refractivity contribution in [1.82, 2.24) is 5.32 Å². The fraction of sp³-hybridized carbons (Fsp3) is 0.500. The van der Waals surface area contributed by atoms with Gasteiger partial charge in [-0.1, -0.05) is 23.9 Å². The van der Waals surface area contributed by atoms with Crippen molar-refractivity contribution in [2.75, 3.05) is 12.8 Å². The van der Waals surface area contributed by atoms with Crippen LogP contribution in [0, 0.1) is 5.92 Å². The highest BCUT2D eigenvalue weighted by Crippen LogP contribution is 2.41. The minimum atomic E-state index is -3.11. The van der Waals surface area contributed by atoms with Crippen molar-refractivity contribution >= 4 is 26.8 Å². The first-order valence-corrected chi connectivity index (χ1v) is 9.53. The molecule has 0 radical (unpaired) electrons. The summed E-state index contributed by atoms with van der Waals surface area (Å²) in [6, 6.07) is 7.01. The molecule has 0 aromatic heterocycles. The standard InChI is InChI=1S/C14H18N2O2S2/c1-20(17,18)12-6-2-10(3-7-12)8-15-14-16-9-13(19-14)11-4-5-11/h2-3,6-7,11,13H,4-5,8-9H2,1H3,(H,15,16). The Morgan fingerprint density at radius 1 is 1.30 bits per heavy atom. The van der Waals surface area contributed by atoms with E-state index in [1.54, 1.807) is 12.1 Å². The molecule has 0 bridgehead atoms. The normalized spacial score (nSPS) is 22.6. The Bertz CT molecular complexity index is 619. The van der Waals surface area contributed by atoms with Gasteiger partial charge in [-0.15, -0.1) is 0 Å². The summed E-state index contributed by atoms with van der Waals surface area (Å²) in [5.41, 5.74) is 1.07. The summed E-state index contributed by atoms with van der Waals surface area (Å²) in [4.78, 5) is 4.89. The van der Waals surface area contributed by atoms with Crippen LogP contribution in [-0.4, -0.2) is 31.6 Å². The first kappa shape index (κ1) is 13.9. The predicted molar refractivity (Wildman–Crippen MR) is 82.8 cm³/mol. The van der Waals surface area contributed by atoms with Gasteiger partial charge >= 0.3 is 0 Å². The molecule has 1 aliphatic heterocycles. The fourth-order valence-corrected chi connectivity index (χ4v) is 4.07. The van der Waals surface area contributed by atoms with Crippen LogP contribution in [-0.2, 0) is 16.4 Å². The van der Waals surface area contributed by atoms with Gasteiger partial charge in [-0.05, 0) is 36.5 Å². The van der Waals surface area contributed by atoms with Gasteiger partial charge in [0.25, 0.3) is 0 Å². The van der Waals surface area contributed by atoms with Gasteiger partial charge in [-0.3, -0.25) is 4.99 Å². The summed E-state index contributed by atoms with van der Waals surface area (Å²) < 4.78 is 22.8. The highest BCUT2D eigenvalue weighted by molar-refractivity contribution is 8.14. The summed E-state index contributed by atoms with van der Waals surface area (Å²) in [5.74, 6) is 0.872. The minimum absolute atomic E-state index is 0.364. The first-order chi connectivity index (χ1) is 9.52. The third-order valence-corrected chi connectivity index (χ3v) is 6.08. The molecule has 1 N–H and O–H groups in total. The lowest BCUT2D eigenvalue weighted by Gasteiger charge is -2.08. The van der Waals surface area contributed by atoms with Crippen LogP contribution < -0.4 is 5.32 Å². The zero-order valence-corrected chi connectivity index (χ0v) is 13.0. The molecule has 1 atom stereocenters. The summed E-state index contributed by atoms with van der Waals surface area (Å²) in [5, 5.41) is 5.03. The van der Waals surface area contributed by atoms with Crippen LogP contribution in [0.4, 0.5) is 0 Å². The zero-order chi connectivity index (χ0) is 14.2. The van der Waals surface area contributed by atoms with Gasteiger partial charge in [0.05, 0.1) is 11.4 Å². The van der Waals surface area contributed by atoms with E-state index in [0.717, 1.165) is 23.2 Å². The van der Waals surface area contributed by atoms with Crippen LogP contribution in [0.15, 0.2) is 34.2 Å². The average Bonchev–Trinajstić information content (AvgIpc) is 3.15. The van der Waals surface area contributed by atoms with Crippen molar-refractivity contribution < 1.29 is 8.42 Å². The summed E-state index contributed by atoms with van der Waals surface area (Å²) in [7, 11) is -3.11. The van der Waals surface area contributed by atoms with Gasteiger partial charge in [0.15, 0.2) is 15.0 Å². The van der Waals surface area contributed by atoms with E-state index in [1.165, 1.54) is 19.1 Å². The topological polar surface area (TPSA) is 58.5 Å². The molecule has 1 unspecified atom stereocenters. The monoisotopic (exact) mass is 310 g/mol. The molecular weight excluding hydrogens is 292 g/mol. The first-order valence-electron chi connectivity index (χ1n) is 6.76. The van der Waals surface area contributed by atoms with Crippen LogP contribution in [0.5, 0.6) is 0 Å².